The van der Waals surface area contributed by atoms with Crippen LogP contribution in [0.4, 0.5) is 0 Å². The molecule has 34 heavy (non-hydrogen) atoms. The van der Waals surface area contributed by atoms with Crippen LogP contribution in [-0.4, -0.2) is 53.7 Å². The predicted molar refractivity (Wildman–Crippen MR) is 135 cm³/mol. The van der Waals surface area contributed by atoms with Crippen molar-refractivity contribution >= 4 is 23.2 Å². The van der Waals surface area contributed by atoms with E-state index >= 15 is 0 Å². The van der Waals surface area contributed by atoms with Crippen LogP contribution in [0.5, 0.6) is 11.5 Å². The molecule has 2 heterocycles. The Bertz CT molecular complexity index is 1060. The smallest absolute Gasteiger partial charge is 0.121 e. The molecule has 0 atom stereocenters. The third kappa shape index (κ3) is 6.66. The van der Waals surface area contributed by atoms with E-state index in [4.69, 9.17) is 37.4 Å². The van der Waals surface area contributed by atoms with Crippen molar-refractivity contribution in [3.05, 3.63) is 76.0 Å². The summed E-state index contributed by atoms with van der Waals surface area (Å²) in [6, 6.07) is 15.7. The van der Waals surface area contributed by atoms with Crippen LogP contribution in [0.3, 0.4) is 0 Å². The van der Waals surface area contributed by atoms with Crippen molar-refractivity contribution in [2.75, 3.05) is 33.4 Å². The highest BCUT2D eigenvalue weighted by atomic mass is 35.5. The van der Waals surface area contributed by atoms with Crippen LogP contribution >= 0.6 is 23.2 Å². The predicted octanol–water partition coefficient (Wildman–Crippen LogP) is 5.64. The van der Waals surface area contributed by atoms with Crippen LogP contribution in [-0.2, 0) is 17.8 Å². The zero-order chi connectivity index (χ0) is 24.0. The fourth-order valence-corrected chi connectivity index (χ4v) is 4.39. The lowest BCUT2D eigenvalue weighted by atomic mass is 9.91. The van der Waals surface area contributed by atoms with Gasteiger partial charge in [-0.2, -0.15) is 5.10 Å². The molecule has 0 saturated carbocycles. The van der Waals surface area contributed by atoms with E-state index in [0.29, 0.717) is 29.0 Å². The number of ether oxygens (including phenoxy) is 3. The third-order valence-electron chi connectivity index (χ3n) is 6.29. The number of methoxy groups -OCH3 is 1. The number of rotatable bonds is 10. The molecule has 1 fully saturated rings. The van der Waals surface area contributed by atoms with Gasteiger partial charge in [-0.1, -0.05) is 35.3 Å². The van der Waals surface area contributed by atoms with Gasteiger partial charge in [0.25, 0.3) is 0 Å². The van der Waals surface area contributed by atoms with E-state index in [1.807, 2.05) is 42.1 Å². The van der Waals surface area contributed by atoms with Crippen molar-refractivity contribution in [2.45, 2.75) is 38.5 Å². The lowest BCUT2D eigenvalue weighted by molar-refractivity contribution is -0.0839. The molecular weight excluding hydrogens is 473 g/mol. The molecule has 2 aromatic carbocycles. The van der Waals surface area contributed by atoms with Gasteiger partial charge in [0.15, 0.2) is 0 Å². The molecule has 1 aliphatic rings. The molecular formula is C26H31Cl2N3O3. The fraction of sp³-hybridized carbons (Fsp3) is 0.423. The second kappa shape index (κ2) is 11.5. The Hall–Kier alpha value is -2.25. The van der Waals surface area contributed by atoms with Crippen molar-refractivity contribution < 1.29 is 14.2 Å². The molecule has 0 spiro atoms. The van der Waals surface area contributed by atoms with Crippen molar-refractivity contribution in [3.8, 4) is 11.5 Å². The third-order valence-corrected chi connectivity index (χ3v) is 7.02. The summed E-state index contributed by atoms with van der Waals surface area (Å²) < 4.78 is 19.7. The Morgan fingerprint density at radius 1 is 0.941 bits per heavy atom. The normalized spacial score (nSPS) is 15.9. The largest absolute Gasteiger partial charge is 0.492 e. The van der Waals surface area contributed by atoms with Crippen LogP contribution in [0.1, 0.15) is 24.1 Å². The SMILES string of the molecule is COC1(COc2ccc(Cl)c(Cl)c2)CCN(Cc2ccc(OCCn3ccc(C)n3)cc2)CC1. The lowest BCUT2D eigenvalue weighted by Crippen LogP contribution is -2.48. The number of nitrogens with zero attached hydrogens (tertiary/aromatic N) is 3. The van der Waals surface area contributed by atoms with Gasteiger partial charge in [-0.3, -0.25) is 9.58 Å². The van der Waals surface area contributed by atoms with Gasteiger partial charge < -0.3 is 14.2 Å². The van der Waals surface area contributed by atoms with Crippen molar-refractivity contribution in [1.29, 1.82) is 0 Å². The van der Waals surface area contributed by atoms with E-state index < -0.39 is 0 Å². The van der Waals surface area contributed by atoms with Gasteiger partial charge in [-0.15, -0.1) is 0 Å². The number of aryl methyl sites for hydroxylation is 1. The summed E-state index contributed by atoms with van der Waals surface area (Å²) in [5.41, 5.74) is 1.99. The number of halogens is 2. The molecule has 1 aliphatic heterocycles. The summed E-state index contributed by atoms with van der Waals surface area (Å²) >= 11 is 12.1. The highest BCUT2D eigenvalue weighted by Gasteiger charge is 2.35. The molecule has 0 aliphatic carbocycles. The molecule has 3 aromatic rings. The minimum atomic E-state index is -0.298. The highest BCUT2D eigenvalue weighted by molar-refractivity contribution is 6.42. The van der Waals surface area contributed by atoms with Gasteiger partial charge in [0.05, 0.1) is 22.3 Å². The fourth-order valence-electron chi connectivity index (χ4n) is 4.10. The first-order valence-corrected chi connectivity index (χ1v) is 12.3. The second-order valence-corrected chi connectivity index (χ2v) is 9.55. The van der Waals surface area contributed by atoms with Gasteiger partial charge in [0.2, 0.25) is 0 Å². The number of piperidine rings is 1. The number of likely N-dealkylation sites (tertiary alicyclic amines) is 1. The van der Waals surface area contributed by atoms with Crippen LogP contribution in [0.25, 0.3) is 0 Å². The molecule has 6 nitrogen and oxygen atoms in total. The van der Waals surface area contributed by atoms with Crippen molar-refractivity contribution in [2.24, 2.45) is 0 Å². The number of aromatic nitrogens is 2. The Kier molecular flexibility index (Phi) is 8.37. The quantitative estimate of drug-likeness (QED) is 0.358. The number of hydrogen-bond acceptors (Lipinski definition) is 5. The first-order chi connectivity index (χ1) is 16.4. The van der Waals surface area contributed by atoms with E-state index in [9.17, 15) is 0 Å². The van der Waals surface area contributed by atoms with Gasteiger partial charge in [0.1, 0.15) is 30.3 Å². The Morgan fingerprint density at radius 2 is 1.68 bits per heavy atom. The first-order valence-electron chi connectivity index (χ1n) is 11.5. The molecule has 4 rings (SSSR count). The Morgan fingerprint density at radius 3 is 2.32 bits per heavy atom. The summed E-state index contributed by atoms with van der Waals surface area (Å²) in [5, 5.41) is 5.39. The summed E-state index contributed by atoms with van der Waals surface area (Å²) in [6.45, 7) is 6.59. The van der Waals surface area contributed by atoms with E-state index in [1.165, 1.54) is 5.56 Å². The van der Waals surface area contributed by atoms with E-state index in [2.05, 4.69) is 22.1 Å². The van der Waals surface area contributed by atoms with Gasteiger partial charge in [-0.25, -0.2) is 0 Å². The molecule has 1 saturated heterocycles. The topological polar surface area (TPSA) is 48.8 Å². The molecule has 0 N–H and O–H groups in total. The first kappa shape index (κ1) is 24.9. The van der Waals surface area contributed by atoms with Crippen LogP contribution in [0.2, 0.25) is 10.0 Å². The summed E-state index contributed by atoms with van der Waals surface area (Å²) in [6.07, 6.45) is 3.77. The molecule has 0 amide bonds. The monoisotopic (exact) mass is 503 g/mol. The van der Waals surface area contributed by atoms with Crippen LogP contribution < -0.4 is 9.47 Å². The summed E-state index contributed by atoms with van der Waals surface area (Å²) in [4.78, 5) is 2.45. The van der Waals surface area contributed by atoms with E-state index in [-0.39, 0.29) is 5.60 Å². The molecule has 1 aromatic heterocycles. The highest BCUT2D eigenvalue weighted by Crippen LogP contribution is 2.30. The summed E-state index contributed by atoms with van der Waals surface area (Å²) in [7, 11) is 1.76. The lowest BCUT2D eigenvalue weighted by Gasteiger charge is -2.40. The maximum absolute atomic E-state index is 6.10. The zero-order valence-corrected chi connectivity index (χ0v) is 21.2. The van der Waals surface area contributed by atoms with Crippen LogP contribution in [0, 0.1) is 6.92 Å². The average molecular weight is 504 g/mol. The number of benzene rings is 2. The van der Waals surface area contributed by atoms with Gasteiger partial charge in [-0.05, 0) is 55.7 Å². The van der Waals surface area contributed by atoms with E-state index in [1.54, 1.807) is 19.2 Å². The standard InChI is InChI=1S/C26H31Cl2N3O3/c1-20-9-12-31(29-20)15-16-33-22-5-3-21(4-6-22)18-30-13-10-26(32-2,11-14-30)19-34-23-7-8-24(27)25(28)17-23/h3-9,12,17H,10-11,13-16,18-19H2,1-2H3. The molecule has 0 radical (unpaired) electrons. The maximum atomic E-state index is 6.10. The molecule has 182 valence electrons. The molecule has 0 bridgehead atoms. The minimum Gasteiger partial charge on any atom is -0.492 e. The van der Waals surface area contributed by atoms with Gasteiger partial charge >= 0.3 is 0 Å². The van der Waals surface area contributed by atoms with Crippen molar-refractivity contribution in [3.63, 3.8) is 0 Å². The van der Waals surface area contributed by atoms with E-state index in [0.717, 1.165) is 50.5 Å². The Balaban J connectivity index is 1.22. The molecule has 8 heteroatoms. The Labute approximate surface area is 211 Å². The second-order valence-electron chi connectivity index (χ2n) is 8.74. The van der Waals surface area contributed by atoms with Gasteiger partial charge in [0, 0.05) is 39.0 Å². The average Bonchev–Trinajstić information content (AvgIpc) is 3.27. The van der Waals surface area contributed by atoms with Crippen molar-refractivity contribution in [1.82, 2.24) is 14.7 Å². The number of hydrogen-bond donors (Lipinski definition) is 0. The molecule has 0 unspecified atom stereocenters. The minimum absolute atomic E-state index is 0.298. The summed E-state index contributed by atoms with van der Waals surface area (Å²) in [5.74, 6) is 1.58. The maximum Gasteiger partial charge on any atom is 0.121 e. The van der Waals surface area contributed by atoms with Crippen LogP contribution in [0.15, 0.2) is 54.7 Å². The zero-order valence-electron chi connectivity index (χ0n) is 19.7.